The van der Waals surface area contributed by atoms with E-state index in [0.717, 1.165) is 25.7 Å². The summed E-state index contributed by atoms with van der Waals surface area (Å²) in [5.41, 5.74) is -0.185. The van der Waals surface area contributed by atoms with E-state index in [1.165, 1.54) is 6.33 Å². The van der Waals surface area contributed by atoms with Crippen LogP contribution in [0.2, 0.25) is 0 Å². The summed E-state index contributed by atoms with van der Waals surface area (Å²) in [7, 11) is 0. The molecule has 1 fully saturated rings. The minimum absolute atomic E-state index is 0.0490. The van der Waals surface area contributed by atoms with Crippen molar-refractivity contribution >= 4 is 11.9 Å². The van der Waals surface area contributed by atoms with E-state index in [4.69, 9.17) is 0 Å². The van der Waals surface area contributed by atoms with Gasteiger partial charge >= 0.3 is 5.97 Å². The van der Waals surface area contributed by atoms with Gasteiger partial charge in [0.2, 0.25) is 5.91 Å². The molecule has 1 aromatic rings. The van der Waals surface area contributed by atoms with Gasteiger partial charge in [0.15, 0.2) is 0 Å². The van der Waals surface area contributed by atoms with Gasteiger partial charge in [-0.2, -0.15) is 0 Å². The molecule has 114 valence electrons. The summed E-state index contributed by atoms with van der Waals surface area (Å²) in [6.07, 6.45) is 8.12. The predicted molar refractivity (Wildman–Crippen MR) is 76.3 cm³/mol. The average Bonchev–Trinajstić information content (AvgIpc) is 2.73. The van der Waals surface area contributed by atoms with E-state index in [0.29, 0.717) is 25.1 Å². The fourth-order valence-electron chi connectivity index (χ4n) is 2.85. The molecule has 6 nitrogen and oxygen atoms in total. The third-order valence-corrected chi connectivity index (χ3v) is 4.12. The minimum Gasteiger partial charge on any atom is -0.481 e. The largest absolute Gasteiger partial charge is 0.481 e. The third kappa shape index (κ3) is 4.24. The molecule has 1 amide bonds. The van der Waals surface area contributed by atoms with E-state index < -0.39 is 11.4 Å². The lowest BCUT2D eigenvalue weighted by Crippen LogP contribution is -2.37. The average molecular weight is 291 g/mol. The molecule has 0 radical (unpaired) electrons. The van der Waals surface area contributed by atoms with E-state index in [1.54, 1.807) is 12.3 Å². The van der Waals surface area contributed by atoms with E-state index >= 15 is 0 Å². The summed E-state index contributed by atoms with van der Waals surface area (Å²) >= 11 is 0. The van der Waals surface area contributed by atoms with Crippen molar-refractivity contribution in [1.82, 2.24) is 15.3 Å². The summed E-state index contributed by atoms with van der Waals surface area (Å²) in [6, 6.07) is 1.72. The Balaban J connectivity index is 1.93. The lowest BCUT2D eigenvalue weighted by Gasteiger charge is -2.27. The molecule has 0 spiro atoms. The van der Waals surface area contributed by atoms with Crippen molar-refractivity contribution in [3.8, 4) is 0 Å². The first kappa shape index (κ1) is 15.4. The number of amides is 1. The number of nitrogens with one attached hydrogen (secondary N) is 1. The van der Waals surface area contributed by atoms with E-state index in [1.807, 2.05) is 0 Å². The number of aliphatic carboxylic acids is 1. The number of hydrogen-bond acceptors (Lipinski definition) is 4. The van der Waals surface area contributed by atoms with Crippen molar-refractivity contribution in [2.24, 2.45) is 5.41 Å². The lowest BCUT2D eigenvalue weighted by molar-refractivity contribution is -0.152. The zero-order chi connectivity index (χ0) is 15.1. The molecule has 0 saturated heterocycles. The monoisotopic (exact) mass is 291 g/mol. The van der Waals surface area contributed by atoms with Gasteiger partial charge in [-0.3, -0.25) is 9.59 Å². The number of rotatable bonds is 5. The highest BCUT2D eigenvalue weighted by atomic mass is 16.4. The molecule has 1 aliphatic rings. The smallest absolute Gasteiger partial charge is 0.310 e. The van der Waals surface area contributed by atoms with Gasteiger partial charge in [0.05, 0.1) is 17.7 Å². The third-order valence-electron chi connectivity index (χ3n) is 4.12. The van der Waals surface area contributed by atoms with Crippen LogP contribution in [0.4, 0.5) is 0 Å². The molecular weight excluding hydrogens is 270 g/mol. The van der Waals surface area contributed by atoms with Crippen LogP contribution in [0.3, 0.4) is 0 Å². The molecular formula is C15H21N3O3. The number of aromatic nitrogens is 2. The molecule has 0 atom stereocenters. The molecule has 1 aliphatic carbocycles. The first-order valence-electron chi connectivity index (χ1n) is 7.37. The van der Waals surface area contributed by atoms with Gasteiger partial charge < -0.3 is 10.4 Å². The molecule has 1 saturated carbocycles. The summed E-state index contributed by atoms with van der Waals surface area (Å²) in [4.78, 5) is 31.6. The van der Waals surface area contributed by atoms with Gasteiger partial charge in [0.1, 0.15) is 6.33 Å². The number of nitrogens with zero attached hydrogens (tertiary/aromatic N) is 2. The van der Waals surface area contributed by atoms with Crippen LogP contribution in [-0.4, -0.2) is 27.0 Å². The lowest BCUT2D eigenvalue weighted by atomic mass is 9.77. The second-order valence-corrected chi connectivity index (χ2v) is 5.65. The fourth-order valence-corrected chi connectivity index (χ4v) is 2.85. The second kappa shape index (κ2) is 7.15. The molecule has 21 heavy (non-hydrogen) atoms. The summed E-state index contributed by atoms with van der Waals surface area (Å²) in [5, 5.41) is 12.3. The van der Waals surface area contributed by atoms with Crippen LogP contribution in [-0.2, 0) is 16.1 Å². The Morgan fingerprint density at radius 1 is 1.24 bits per heavy atom. The SMILES string of the molecule is O=C(CC1(C(=O)O)CCCCCC1)NCc1ccncn1. The maximum Gasteiger partial charge on any atom is 0.310 e. The zero-order valence-electron chi connectivity index (χ0n) is 12.0. The number of hydrogen-bond donors (Lipinski definition) is 2. The van der Waals surface area contributed by atoms with Gasteiger partial charge in [0.25, 0.3) is 0 Å². The van der Waals surface area contributed by atoms with Crippen LogP contribution >= 0.6 is 0 Å². The second-order valence-electron chi connectivity index (χ2n) is 5.65. The summed E-state index contributed by atoms with van der Waals surface area (Å²) in [6.45, 7) is 0.303. The Morgan fingerprint density at radius 2 is 1.95 bits per heavy atom. The fraction of sp³-hybridized carbons (Fsp3) is 0.600. The van der Waals surface area contributed by atoms with Crippen LogP contribution in [0.15, 0.2) is 18.6 Å². The van der Waals surface area contributed by atoms with E-state index in [9.17, 15) is 14.7 Å². The van der Waals surface area contributed by atoms with Gasteiger partial charge in [-0.15, -0.1) is 0 Å². The zero-order valence-corrected chi connectivity index (χ0v) is 12.0. The number of carbonyl (C=O) groups excluding carboxylic acids is 1. The molecule has 2 N–H and O–H groups in total. The number of carboxylic acids is 1. The molecule has 6 heteroatoms. The highest BCUT2D eigenvalue weighted by Crippen LogP contribution is 2.38. The molecule has 0 aliphatic heterocycles. The number of carboxylic acid groups (broad SMARTS) is 1. The van der Waals surface area contributed by atoms with Crippen LogP contribution in [0.25, 0.3) is 0 Å². The van der Waals surface area contributed by atoms with Crippen LogP contribution in [0.1, 0.15) is 50.6 Å². The Kier molecular flexibility index (Phi) is 5.25. The molecule has 1 aromatic heterocycles. The first-order chi connectivity index (χ1) is 10.1. The Labute approximate surface area is 124 Å². The van der Waals surface area contributed by atoms with Crippen molar-refractivity contribution in [3.05, 3.63) is 24.3 Å². The maximum absolute atomic E-state index is 12.1. The summed E-state index contributed by atoms with van der Waals surface area (Å²) in [5.74, 6) is -1.07. The Bertz CT molecular complexity index is 482. The molecule has 0 aromatic carbocycles. The van der Waals surface area contributed by atoms with Crippen LogP contribution in [0, 0.1) is 5.41 Å². The summed E-state index contributed by atoms with van der Waals surface area (Å²) < 4.78 is 0. The van der Waals surface area contributed by atoms with Crippen LogP contribution in [0.5, 0.6) is 0 Å². The number of carbonyl (C=O) groups is 2. The molecule has 2 rings (SSSR count). The van der Waals surface area contributed by atoms with Crippen molar-refractivity contribution < 1.29 is 14.7 Å². The van der Waals surface area contributed by atoms with Gasteiger partial charge in [-0.25, -0.2) is 9.97 Å². The Hall–Kier alpha value is -1.98. The highest BCUT2D eigenvalue weighted by molar-refractivity contribution is 5.84. The van der Waals surface area contributed by atoms with Gasteiger partial charge in [0, 0.05) is 12.6 Å². The van der Waals surface area contributed by atoms with Gasteiger partial charge in [-0.1, -0.05) is 25.7 Å². The quantitative estimate of drug-likeness (QED) is 0.808. The van der Waals surface area contributed by atoms with Crippen molar-refractivity contribution in [2.45, 2.75) is 51.5 Å². The molecule has 0 unspecified atom stereocenters. The first-order valence-corrected chi connectivity index (χ1v) is 7.37. The standard InChI is InChI=1S/C15H21N3O3/c19-13(17-10-12-5-8-16-11-18-12)9-15(14(20)21)6-3-1-2-4-7-15/h5,8,11H,1-4,6-7,9-10H2,(H,17,19)(H,20,21). The van der Waals surface area contributed by atoms with Crippen LogP contribution < -0.4 is 5.32 Å². The van der Waals surface area contributed by atoms with Gasteiger partial charge in [-0.05, 0) is 18.9 Å². The topological polar surface area (TPSA) is 92.2 Å². The van der Waals surface area contributed by atoms with E-state index in [2.05, 4.69) is 15.3 Å². The molecule has 1 heterocycles. The Morgan fingerprint density at radius 3 is 2.52 bits per heavy atom. The van der Waals surface area contributed by atoms with Crippen molar-refractivity contribution in [2.75, 3.05) is 0 Å². The minimum atomic E-state index is -0.897. The normalized spacial score (nSPS) is 17.7. The molecule has 0 bridgehead atoms. The predicted octanol–water partition coefficient (Wildman–Crippen LogP) is 1.91. The van der Waals surface area contributed by atoms with E-state index in [-0.39, 0.29) is 12.3 Å². The maximum atomic E-state index is 12.1. The highest BCUT2D eigenvalue weighted by Gasteiger charge is 2.40. The van der Waals surface area contributed by atoms with Crippen molar-refractivity contribution in [1.29, 1.82) is 0 Å². The van der Waals surface area contributed by atoms with Crippen molar-refractivity contribution in [3.63, 3.8) is 0 Å².